The first-order valence-corrected chi connectivity index (χ1v) is 9.82. The molecule has 0 saturated carbocycles. The summed E-state index contributed by atoms with van der Waals surface area (Å²) >= 11 is 1.64. The summed E-state index contributed by atoms with van der Waals surface area (Å²) in [5.41, 5.74) is 1.12. The molecule has 134 valence electrons. The Labute approximate surface area is 153 Å². The van der Waals surface area contributed by atoms with Crippen molar-refractivity contribution in [3.8, 4) is 0 Å². The van der Waals surface area contributed by atoms with Gasteiger partial charge in [0.25, 0.3) is 0 Å². The molecule has 1 atom stereocenters. The van der Waals surface area contributed by atoms with E-state index in [1.165, 1.54) is 0 Å². The van der Waals surface area contributed by atoms with Gasteiger partial charge in [0.2, 0.25) is 5.91 Å². The van der Waals surface area contributed by atoms with Crippen molar-refractivity contribution in [3.63, 3.8) is 0 Å². The minimum absolute atomic E-state index is 0.0775. The number of nitrogens with zero attached hydrogens (tertiary/aromatic N) is 4. The first-order valence-electron chi connectivity index (χ1n) is 8.94. The van der Waals surface area contributed by atoms with Crippen molar-refractivity contribution >= 4 is 23.3 Å². The van der Waals surface area contributed by atoms with Crippen LogP contribution in [0.3, 0.4) is 0 Å². The fraction of sp³-hybridized carbons (Fsp3) is 0.474. The molecule has 1 amide bonds. The van der Waals surface area contributed by atoms with Crippen LogP contribution in [0, 0.1) is 0 Å². The standard InChI is InChI=1S/C19H26N4OS/c1-3-21(4-2)10-9-16-13-22(14-17-12-20-15-23(16)17)19(24)8-7-18-6-5-11-25-18/h5-8,11-12,15-16H,3-4,9-10,13-14H2,1-2H3/b8-7+/t16-/m1/s1. The lowest BCUT2D eigenvalue weighted by atomic mass is 10.1. The third-order valence-corrected chi connectivity index (χ3v) is 5.68. The first-order chi connectivity index (χ1) is 12.2. The second-order valence-electron chi connectivity index (χ2n) is 6.33. The number of carbonyl (C=O) groups is 1. The maximum Gasteiger partial charge on any atom is 0.247 e. The molecule has 5 nitrogen and oxygen atoms in total. The van der Waals surface area contributed by atoms with Gasteiger partial charge in [0, 0.05) is 30.2 Å². The molecule has 2 aromatic heterocycles. The molecule has 0 unspecified atom stereocenters. The van der Waals surface area contributed by atoms with Gasteiger partial charge in [-0.3, -0.25) is 4.79 Å². The Morgan fingerprint density at radius 1 is 1.44 bits per heavy atom. The molecule has 0 spiro atoms. The van der Waals surface area contributed by atoms with Gasteiger partial charge in [-0.25, -0.2) is 4.98 Å². The van der Waals surface area contributed by atoms with Gasteiger partial charge < -0.3 is 14.4 Å². The summed E-state index contributed by atoms with van der Waals surface area (Å²) in [6, 6.07) is 4.32. The van der Waals surface area contributed by atoms with Crippen molar-refractivity contribution in [2.75, 3.05) is 26.2 Å². The number of fused-ring (bicyclic) bond motifs is 1. The summed E-state index contributed by atoms with van der Waals surface area (Å²) in [4.78, 5) is 22.4. The van der Waals surface area contributed by atoms with Gasteiger partial charge in [-0.15, -0.1) is 11.3 Å². The van der Waals surface area contributed by atoms with Crippen LogP contribution in [0.25, 0.3) is 6.08 Å². The molecule has 3 rings (SSSR count). The molecule has 2 aromatic rings. The number of hydrogen-bond donors (Lipinski definition) is 0. The Hall–Kier alpha value is -1.92. The van der Waals surface area contributed by atoms with Gasteiger partial charge in [-0.1, -0.05) is 19.9 Å². The second-order valence-corrected chi connectivity index (χ2v) is 7.31. The molecule has 0 fully saturated rings. The van der Waals surface area contributed by atoms with Gasteiger partial charge in [-0.2, -0.15) is 0 Å². The van der Waals surface area contributed by atoms with E-state index in [0.717, 1.165) is 43.2 Å². The highest BCUT2D eigenvalue weighted by atomic mass is 32.1. The molecule has 0 saturated heterocycles. The molecule has 6 heteroatoms. The van der Waals surface area contributed by atoms with Crippen LogP contribution in [0.2, 0.25) is 0 Å². The zero-order valence-electron chi connectivity index (χ0n) is 15.0. The second kappa shape index (κ2) is 8.45. The molecule has 1 aliphatic rings. The highest BCUT2D eigenvalue weighted by molar-refractivity contribution is 7.10. The van der Waals surface area contributed by atoms with Gasteiger partial charge in [0.1, 0.15) is 0 Å². The van der Waals surface area contributed by atoms with Gasteiger partial charge in [0.15, 0.2) is 0 Å². The minimum atomic E-state index is 0.0775. The van der Waals surface area contributed by atoms with E-state index in [-0.39, 0.29) is 5.91 Å². The van der Waals surface area contributed by atoms with Crippen LogP contribution in [0.5, 0.6) is 0 Å². The largest absolute Gasteiger partial charge is 0.331 e. The normalized spacial score (nSPS) is 17.4. The van der Waals surface area contributed by atoms with Crippen molar-refractivity contribution in [2.24, 2.45) is 0 Å². The predicted octanol–water partition coefficient (Wildman–Crippen LogP) is 3.27. The highest BCUT2D eigenvalue weighted by Crippen LogP contribution is 2.24. The molecule has 0 N–H and O–H groups in total. The maximum atomic E-state index is 12.6. The molecule has 0 radical (unpaired) electrons. The molecule has 25 heavy (non-hydrogen) atoms. The van der Waals surface area contributed by atoms with E-state index in [0.29, 0.717) is 12.6 Å². The monoisotopic (exact) mass is 358 g/mol. The van der Waals surface area contributed by atoms with E-state index in [2.05, 4.69) is 28.3 Å². The van der Waals surface area contributed by atoms with Crippen molar-refractivity contribution in [1.29, 1.82) is 0 Å². The van der Waals surface area contributed by atoms with Gasteiger partial charge in [-0.05, 0) is 37.0 Å². The van der Waals surface area contributed by atoms with E-state index < -0.39 is 0 Å². The summed E-state index contributed by atoms with van der Waals surface area (Å²) < 4.78 is 2.25. The number of hydrogen-bond acceptors (Lipinski definition) is 4. The van der Waals surface area contributed by atoms with E-state index in [1.807, 2.05) is 41.0 Å². The van der Waals surface area contributed by atoms with Crippen LogP contribution in [0.1, 0.15) is 36.9 Å². The fourth-order valence-corrected chi connectivity index (χ4v) is 3.92. The van der Waals surface area contributed by atoms with Gasteiger partial charge in [0.05, 0.1) is 24.6 Å². The average molecular weight is 359 g/mol. The quantitative estimate of drug-likeness (QED) is 0.713. The molecular formula is C19H26N4OS. The SMILES string of the molecule is CCN(CC)CC[C@@H]1CN(C(=O)/C=C/c2cccs2)Cc2cncn21. The number of rotatable bonds is 7. The molecule has 1 aliphatic heterocycles. The number of imidazole rings is 1. The molecule has 0 aromatic carbocycles. The predicted molar refractivity (Wildman–Crippen MR) is 102 cm³/mol. The van der Waals surface area contributed by atoms with Crippen LogP contribution < -0.4 is 0 Å². The third-order valence-electron chi connectivity index (χ3n) is 4.84. The molecule has 3 heterocycles. The maximum absolute atomic E-state index is 12.6. The van der Waals surface area contributed by atoms with E-state index >= 15 is 0 Å². The molecular weight excluding hydrogens is 332 g/mol. The zero-order valence-corrected chi connectivity index (χ0v) is 15.8. The molecule has 0 bridgehead atoms. The van der Waals surface area contributed by atoms with Gasteiger partial charge >= 0.3 is 0 Å². The van der Waals surface area contributed by atoms with E-state index in [4.69, 9.17) is 0 Å². The number of carbonyl (C=O) groups excluding carboxylic acids is 1. The topological polar surface area (TPSA) is 41.4 Å². The highest BCUT2D eigenvalue weighted by Gasteiger charge is 2.27. The van der Waals surface area contributed by atoms with Crippen LogP contribution in [-0.2, 0) is 11.3 Å². The van der Waals surface area contributed by atoms with Crippen LogP contribution in [-0.4, -0.2) is 51.4 Å². The lowest BCUT2D eigenvalue weighted by molar-refractivity contribution is -0.128. The van der Waals surface area contributed by atoms with Crippen LogP contribution in [0.4, 0.5) is 0 Å². The first kappa shape index (κ1) is 17.9. The zero-order chi connectivity index (χ0) is 17.6. The minimum Gasteiger partial charge on any atom is -0.331 e. The Morgan fingerprint density at radius 2 is 2.28 bits per heavy atom. The van der Waals surface area contributed by atoms with Crippen molar-refractivity contribution in [1.82, 2.24) is 19.4 Å². The summed E-state index contributed by atoms with van der Waals surface area (Å²) in [6.45, 7) is 8.94. The Morgan fingerprint density at radius 3 is 3.00 bits per heavy atom. The number of amides is 1. The van der Waals surface area contributed by atoms with Crippen LogP contribution >= 0.6 is 11.3 Å². The van der Waals surface area contributed by atoms with Crippen molar-refractivity contribution < 1.29 is 4.79 Å². The summed E-state index contributed by atoms with van der Waals surface area (Å²) in [5.74, 6) is 0.0775. The molecule has 0 aliphatic carbocycles. The third kappa shape index (κ3) is 4.38. The van der Waals surface area contributed by atoms with Crippen molar-refractivity contribution in [3.05, 3.63) is 46.7 Å². The number of aromatic nitrogens is 2. The lowest BCUT2D eigenvalue weighted by Gasteiger charge is -2.35. The van der Waals surface area contributed by atoms with E-state index in [9.17, 15) is 4.79 Å². The Kier molecular flexibility index (Phi) is 6.04. The lowest BCUT2D eigenvalue weighted by Crippen LogP contribution is -2.41. The fourth-order valence-electron chi connectivity index (χ4n) is 3.30. The smallest absolute Gasteiger partial charge is 0.247 e. The summed E-state index contributed by atoms with van der Waals surface area (Å²) in [5, 5.41) is 2.02. The summed E-state index contributed by atoms with van der Waals surface area (Å²) in [6.07, 6.45) is 8.42. The Balaban J connectivity index is 1.67. The number of thiophene rings is 1. The Bertz CT molecular complexity index is 703. The van der Waals surface area contributed by atoms with Crippen molar-refractivity contribution in [2.45, 2.75) is 32.9 Å². The van der Waals surface area contributed by atoms with E-state index in [1.54, 1.807) is 17.4 Å². The average Bonchev–Trinajstić information content (AvgIpc) is 3.31. The van der Waals surface area contributed by atoms with Crippen LogP contribution in [0.15, 0.2) is 36.1 Å². The summed E-state index contributed by atoms with van der Waals surface area (Å²) in [7, 11) is 0.